The molecule has 0 amide bonds. The Bertz CT molecular complexity index is 332. The van der Waals surface area contributed by atoms with Gasteiger partial charge in [-0.1, -0.05) is 6.92 Å². The van der Waals surface area contributed by atoms with Gasteiger partial charge in [-0.2, -0.15) is 0 Å². The smallest absolute Gasteiger partial charge is 0.122 e. The first-order chi connectivity index (χ1) is 8.76. The topological polar surface area (TPSA) is 62.6 Å². The second-order valence-corrected chi connectivity index (χ2v) is 5.19. The second-order valence-electron chi connectivity index (χ2n) is 5.19. The van der Waals surface area contributed by atoms with E-state index in [4.69, 9.17) is 10.2 Å². The third-order valence-corrected chi connectivity index (χ3v) is 4.01. The summed E-state index contributed by atoms with van der Waals surface area (Å²) in [6.07, 6.45) is 4.74. The molecule has 0 aliphatic carbocycles. The van der Waals surface area contributed by atoms with Gasteiger partial charge >= 0.3 is 0 Å². The van der Waals surface area contributed by atoms with E-state index in [9.17, 15) is 5.11 Å². The minimum Gasteiger partial charge on any atom is -0.468 e. The van der Waals surface area contributed by atoms with Crippen molar-refractivity contribution >= 4 is 0 Å². The van der Waals surface area contributed by atoms with Crippen molar-refractivity contribution < 1.29 is 9.52 Å². The number of hydrogen-bond donors (Lipinski definition) is 2. The number of hydrogen-bond acceptors (Lipinski definition) is 4. The van der Waals surface area contributed by atoms with E-state index in [0.29, 0.717) is 12.5 Å². The van der Waals surface area contributed by atoms with Crippen LogP contribution in [0.4, 0.5) is 0 Å². The van der Waals surface area contributed by atoms with Crippen LogP contribution in [0.5, 0.6) is 0 Å². The maximum Gasteiger partial charge on any atom is 0.122 e. The third kappa shape index (κ3) is 2.94. The van der Waals surface area contributed by atoms with Crippen LogP contribution in [-0.2, 0) is 0 Å². The summed E-state index contributed by atoms with van der Waals surface area (Å²) in [5, 5.41) is 9.19. The molecule has 0 bridgehead atoms. The maximum atomic E-state index is 9.19. The van der Waals surface area contributed by atoms with Crippen LogP contribution in [0.3, 0.4) is 0 Å². The summed E-state index contributed by atoms with van der Waals surface area (Å²) >= 11 is 0. The molecule has 102 valence electrons. The maximum absolute atomic E-state index is 9.19. The molecular weight excluding hydrogens is 228 g/mol. The largest absolute Gasteiger partial charge is 0.468 e. The molecule has 2 heterocycles. The molecule has 2 unspecified atom stereocenters. The molecule has 1 fully saturated rings. The number of nitrogens with zero attached hydrogens (tertiary/aromatic N) is 1. The van der Waals surface area contributed by atoms with Gasteiger partial charge in [0.1, 0.15) is 5.76 Å². The van der Waals surface area contributed by atoms with E-state index < -0.39 is 0 Å². The Kier molecular flexibility index (Phi) is 4.80. The minimum absolute atomic E-state index is 0.0989. The summed E-state index contributed by atoms with van der Waals surface area (Å²) < 4.78 is 5.55. The van der Waals surface area contributed by atoms with E-state index in [-0.39, 0.29) is 12.1 Å². The average Bonchev–Trinajstić information content (AvgIpc) is 2.93. The predicted octanol–water partition coefficient (Wildman–Crippen LogP) is 1.76. The first-order valence-corrected chi connectivity index (χ1v) is 6.90. The molecule has 2 atom stereocenters. The number of nitrogens with two attached hydrogens (primary N) is 1. The summed E-state index contributed by atoms with van der Waals surface area (Å²) in [6, 6.07) is 4.20. The molecule has 0 saturated carbocycles. The van der Waals surface area contributed by atoms with Gasteiger partial charge in [0.2, 0.25) is 0 Å². The van der Waals surface area contributed by atoms with Crippen molar-refractivity contribution in [2.45, 2.75) is 38.3 Å². The van der Waals surface area contributed by atoms with Gasteiger partial charge in [0, 0.05) is 12.6 Å². The van der Waals surface area contributed by atoms with Gasteiger partial charge in [-0.05, 0) is 50.4 Å². The Labute approximate surface area is 109 Å². The molecule has 1 aromatic heterocycles. The standard InChI is InChI=1S/C14H24N2O2/c1-2-12(15)14(13-4-3-9-18-13)16-7-5-11(10-17)6-8-16/h3-4,9,11-12,14,17H,2,5-8,10,15H2,1H3. The number of rotatable bonds is 5. The summed E-state index contributed by atoms with van der Waals surface area (Å²) in [5.74, 6) is 1.42. The molecule has 0 aromatic carbocycles. The summed E-state index contributed by atoms with van der Waals surface area (Å²) in [7, 11) is 0. The van der Waals surface area contributed by atoms with Gasteiger partial charge in [-0.15, -0.1) is 0 Å². The molecular formula is C14H24N2O2. The van der Waals surface area contributed by atoms with Gasteiger partial charge in [-0.25, -0.2) is 0 Å². The van der Waals surface area contributed by atoms with Gasteiger partial charge < -0.3 is 15.3 Å². The van der Waals surface area contributed by atoms with Crippen molar-refractivity contribution in [2.75, 3.05) is 19.7 Å². The molecule has 1 aliphatic rings. The lowest BCUT2D eigenvalue weighted by Crippen LogP contribution is -2.44. The molecule has 4 heteroatoms. The van der Waals surface area contributed by atoms with Gasteiger partial charge in [0.25, 0.3) is 0 Å². The van der Waals surface area contributed by atoms with Crippen LogP contribution in [0.1, 0.15) is 38.0 Å². The summed E-state index contributed by atoms with van der Waals surface area (Å²) in [5.41, 5.74) is 6.26. The van der Waals surface area contributed by atoms with E-state index >= 15 is 0 Å². The highest BCUT2D eigenvalue weighted by Crippen LogP contribution is 2.29. The zero-order valence-electron chi connectivity index (χ0n) is 11.1. The van der Waals surface area contributed by atoms with E-state index in [1.807, 2.05) is 12.1 Å². The quantitative estimate of drug-likeness (QED) is 0.838. The van der Waals surface area contributed by atoms with Crippen molar-refractivity contribution in [1.29, 1.82) is 0 Å². The fourth-order valence-electron chi connectivity index (χ4n) is 2.76. The van der Waals surface area contributed by atoms with Crippen LogP contribution >= 0.6 is 0 Å². The molecule has 1 aliphatic heterocycles. The zero-order chi connectivity index (χ0) is 13.0. The predicted molar refractivity (Wildman–Crippen MR) is 71.1 cm³/mol. The van der Waals surface area contributed by atoms with Crippen LogP contribution in [0.25, 0.3) is 0 Å². The van der Waals surface area contributed by atoms with Crippen molar-refractivity contribution in [1.82, 2.24) is 4.90 Å². The Morgan fingerprint density at radius 3 is 2.72 bits per heavy atom. The highest BCUT2D eigenvalue weighted by molar-refractivity contribution is 5.08. The molecule has 0 radical (unpaired) electrons. The normalized spacial score (nSPS) is 21.9. The average molecular weight is 252 g/mol. The first-order valence-electron chi connectivity index (χ1n) is 6.90. The van der Waals surface area contributed by atoms with E-state index in [0.717, 1.165) is 38.1 Å². The Hall–Kier alpha value is -0.840. The molecule has 2 rings (SSSR count). The zero-order valence-corrected chi connectivity index (χ0v) is 11.1. The molecule has 1 aromatic rings. The van der Waals surface area contributed by atoms with Gasteiger partial charge in [-0.3, -0.25) is 4.90 Å². The SMILES string of the molecule is CCC(N)C(c1ccco1)N1CCC(CO)CC1. The fraction of sp³-hybridized carbons (Fsp3) is 0.714. The fourth-order valence-corrected chi connectivity index (χ4v) is 2.76. The summed E-state index contributed by atoms with van der Waals surface area (Å²) in [4.78, 5) is 2.40. The molecule has 4 nitrogen and oxygen atoms in total. The van der Waals surface area contributed by atoms with E-state index in [1.54, 1.807) is 6.26 Å². The summed E-state index contributed by atoms with van der Waals surface area (Å²) in [6.45, 7) is 4.40. The molecule has 0 spiro atoms. The van der Waals surface area contributed by atoms with Crippen LogP contribution < -0.4 is 5.73 Å². The van der Waals surface area contributed by atoms with Gasteiger partial charge in [0.15, 0.2) is 0 Å². The van der Waals surface area contributed by atoms with Gasteiger partial charge in [0.05, 0.1) is 12.3 Å². The van der Waals surface area contributed by atoms with Crippen LogP contribution in [0.15, 0.2) is 22.8 Å². The molecule has 18 heavy (non-hydrogen) atoms. The number of furan rings is 1. The molecule has 3 N–H and O–H groups in total. The first kappa shape index (κ1) is 13.6. The van der Waals surface area contributed by atoms with Crippen molar-refractivity contribution in [3.63, 3.8) is 0 Å². The number of aliphatic hydroxyl groups is 1. The Balaban J connectivity index is 2.06. The van der Waals surface area contributed by atoms with E-state index in [2.05, 4.69) is 11.8 Å². The molecule has 1 saturated heterocycles. The van der Waals surface area contributed by atoms with E-state index in [1.165, 1.54) is 0 Å². The Morgan fingerprint density at radius 1 is 1.50 bits per heavy atom. The number of aliphatic hydroxyl groups excluding tert-OH is 1. The highest BCUT2D eigenvalue weighted by Gasteiger charge is 2.30. The number of piperidine rings is 1. The van der Waals surface area contributed by atoms with Crippen molar-refractivity contribution in [3.05, 3.63) is 24.2 Å². The minimum atomic E-state index is 0.0989. The number of likely N-dealkylation sites (tertiary alicyclic amines) is 1. The van der Waals surface area contributed by atoms with Crippen LogP contribution in [0.2, 0.25) is 0 Å². The second kappa shape index (κ2) is 6.36. The Morgan fingerprint density at radius 2 is 2.22 bits per heavy atom. The monoisotopic (exact) mass is 252 g/mol. The lowest BCUT2D eigenvalue weighted by molar-refractivity contribution is 0.0788. The van der Waals surface area contributed by atoms with Crippen molar-refractivity contribution in [2.24, 2.45) is 11.7 Å². The highest BCUT2D eigenvalue weighted by atomic mass is 16.3. The van der Waals surface area contributed by atoms with Crippen LogP contribution in [0, 0.1) is 5.92 Å². The van der Waals surface area contributed by atoms with Crippen LogP contribution in [-0.4, -0.2) is 35.7 Å². The lowest BCUT2D eigenvalue weighted by atomic mass is 9.93. The lowest BCUT2D eigenvalue weighted by Gasteiger charge is -2.38. The third-order valence-electron chi connectivity index (χ3n) is 4.01. The van der Waals surface area contributed by atoms with Crippen molar-refractivity contribution in [3.8, 4) is 0 Å².